The summed E-state index contributed by atoms with van der Waals surface area (Å²) in [6.45, 7) is -0.239. The Labute approximate surface area is 237 Å². The molecule has 5 rings (SSSR count). The number of ether oxygens (including phenoxy) is 1. The summed E-state index contributed by atoms with van der Waals surface area (Å²) in [5.74, 6) is -0.309. The van der Waals surface area contributed by atoms with Gasteiger partial charge in [0.15, 0.2) is 6.61 Å². The van der Waals surface area contributed by atoms with Crippen molar-refractivity contribution < 1.29 is 14.3 Å². The van der Waals surface area contributed by atoms with Crippen LogP contribution in [0.2, 0.25) is 0 Å². The van der Waals surface area contributed by atoms with E-state index in [-0.39, 0.29) is 13.0 Å². The largest absolute Gasteiger partial charge is 0.484 e. The second kappa shape index (κ2) is 13.5. The molecule has 41 heavy (non-hydrogen) atoms. The van der Waals surface area contributed by atoms with E-state index in [9.17, 15) is 9.59 Å². The van der Waals surface area contributed by atoms with E-state index in [1.165, 1.54) is 6.21 Å². The second-order valence-corrected chi connectivity index (χ2v) is 9.30. The van der Waals surface area contributed by atoms with Crippen molar-refractivity contribution in [2.45, 2.75) is 12.5 Å². The van der Waals surface area contributed by atoms with E-state index in [4.69, 9.17) is 4.74 Å². The third kappa shape index (κ3) is 7.77. The number of pyridine rings is 1. The fourth-order valence-corrected chi connectivity index (χ4v) is 4.24. The summed E-state index contributed by atoms with van der Waals surface area (Å²) >= 11 is 0. The first-order valence-electron chi connectivity index (χ1n) is 13.2. The average Bonchev–Trinajstić information content (AvgIpc) is 3.43. The Morgan fingerprint density at radius 3 is 2.34 bits per heavy atom. The van der Waals surface area contributed by atoms with Gasteiger partial charge in [0.2, 0.25) is 0 Å². The fraction of sp³-hybridized carbons (Fsp3) is 0.0909. The van der Waals surface area contributed by atoms with Crippen LogP contribution >= 0.6 is 0 Å². The Bertz CT molecular complexity index is 1650. The van der Waals surface area contributed by atoms with E-state index in [2.05, 4.69) is 25.8 Å². The third-order valence-electron chi connectivity index (χ3n) is 6.36. The number of H-pyrrole nitrogens is 1. The molecular formula is C33H29N5O3. The van der Waals surface area contributed by atoms with Crippen LogP contribution in [0.25, 0.3) is 23.1 Å². The molecule has 0 aliphatic rings. The van der Waals surface area contributed by atoms with Gasteiger partial charge in [-0.25, -0.2) is 5.43 Å². The number of hydrogen-bond donors (Lipinski definition) is 3. The topological polar surface area (TPSA) is 108 Å². The van der Waals surface area contributed by atoms with Crippen molar-refractivity contribution in [3.8, 4) is 5.75 Å². The van der Waals surface area contributed by atoms with Crippen molar-refractivity contribution in [3.63, 3.8) is 0 Å². The van der Waals surface area contributed by atoms with Crippen LogP contribution in [0.15, 0.2) is 115 Å². The first-order valence-corrected chi connectivity index (χ1v) is 13.2. The minimum absolute atomic E-state index is 0.239. The molecule has 5 aromatic rings. The van der Waals surface area contributed by atoms with Gasteiger partial charge in [0.1, 0.15) is 11.8 Å². The van der Waals surface area contributed by atoms with Crippen LogP contribution in [0.1, 0.15) is 22.3 Å². The fourth-order valence-electron chi connectivity index (χ4n) is 4.24. The molecule has 0 bridgehead atoms. The zero-order valence-electron chi connectivity index (χ0n) is 22.2. The molecule has 3 aromatic carbocycles. The van der Waals surface area contributed by atoms with Crippen LogP contribution in [-0.2, 0) is 16.0 Å². The standard InChI is InChI=1S/C33H29N5O3/c39-32(23-41-28-14-12-25(13-15-28)11-10-24-6-2-1-3-7-24)37-31(20-27-22-35-30-9-5-4-8-29(27)30)33(40)38-36-21-26-16-18-34-19-17-26/h1-19,21-22,31,35H,20,23H2,(H,37,39)(H,38,40)/b11-10+,36-21+/t31-/m0/s1. The van der Waals surface area contributed by atoms with Crippen molar-refractivity contribution in [1.29, 1.82) is 0 Å². The van der Waals surface area contributed by atoms with Crippen LogP contribution in [0.3, 0.4) is 0 Å². The average molecular weight is 544 g/mol. The highest BCUT2D eigenvalue weighted by Crippen LogP contribution is 2.19. The van der Waals surface area contributed by atoms with Crippen LogP contribution in [0.4, 0.5) is 0 Å². The van der Waals surface area contributed by atoms with Gasteiger partial charge in [-0.05, 0) is 52.6 Å². The highest BCUT2D eigenvalue weighted by molar-refractivity contribution is 5.90. The molecular weight excluding hydrogens is 514 g/mol. The highest BCUT2D eigenvalue weighted by atomic mass is 16.5. The normalized spacial score (nSPS) is 12.0. The van der Waals surface area contributed by atoms with Gasteiger partial charge in [-0.1, -0.05) is 72.8 Å². The maximum atomic E-state index is 13.1. The monoisotopic (exact) mass is 543 g/mol. The lowest BCUT2D eigenvalue weighted by Crippen LogP contribution is -2.48. The number of para-hydroxylation sites is 1. The van der Waals surface area contributed by atoms with E-state index < -0.39 is 17.9 Å². The van der Waals surface area contributed by atoms with Crippen molar-refractivity contribution in [3.05, 3.63) is 132 Å². The van der Waals surface area contributed by atoms with Gasteiger partial charge in [0.25, 0.3) is 11.8 Å². The highest BCUT2D eigenvalue weighted by Gasteiger charge is 2.23. The molecule has 0 radical (unpaired) electrons. The van der Waals surface area contributed by atoms with E-state index in [0.717, 1.165) is 33.2 Å². The summed E-state index contributed by atoms with van der Waals surface area (Å²) in [4.78, 5) is 33.1. The van der Waals surface area contributed by atoms with Crippen molar-refractivity contribution in [1.82, 2.24) is 20.7 Å². The summed E-state index contributed by atoms with van der Waals surface area (Å²) in [5.41, 5.74) is 7.30. The van der Waals surface area contributed by atoms with E-state index >= 15 is 0 Å². The van der Waals surface area contributed by atoms with E-state index in [1.807, 2.05) is 97.2 Å². The number of aromatic amines is 1. The number of nitrogens with one attached hydrogen (secondary N) is 3. The first-order chi connectivity index (χ1) is 20.1. The summed E-state index contributed by atoms with van der Waals surface area (Å²) in [5, 5.41) is 7.84. The zero-order valence-corrected chi connectivity index (χ0v) is 22.2. The molecule has 0 saturated heterocycles. The van der Waals surface area contributed by atoms with Crippen molar-refractivity contribution in [2.75, 3.05) is 6.61 Å². The van der Waals surface area contributed by atoms with E-state index in [0.29, 0.717) is 5.75 Å². The van der Waals surface area contributed by atoms with Gasteiger partial charge in [0, 0.05) is 35.9 Å². The quantitative estimate of drug-likeness (QED) is 0.124. The first kappa shape index (κ1) is 27.1. The predicted molar refractivity (Wildman–Crippen MR) is 161 cm³/mol. The number of aromatic nitrogens is 2. The Kier molecular flexibility index (Phi) is 8.93. The zero-order chi connectivity index (χ0) is 28.3. The molecule has 0 spiro atoms. The number of carbonyl (C=O) groups excluding carboxylic acids is 2. The van der Waals surface area contributed by atoms with Gasteiger partial charge in [-0.3, -0.25) is 14.6 Å². The van der Waals surface area contributed by atoms with Gasteiger partial charge in [-0.2, -0.15) is 5.10 Å². The van der Waals surface area contributed by atoms with E-state index in [1.54, 1.807) is 24.5 Å². The molecule has 2 amide bonds. The Hall–Kier alpha value is -5.50. The van der Waals surface area contributed by atoms with Gasteiger partial charge in [-0.15, -0.1) is 0 Å². The van der Waals surface area contributed by atoms with Gasteiger partial charge in [0.05, 0.1) is 6.21 Å². The lowest BCUT2D eigenvalue weighted by molar-refractivity contribution is -0.130. The van der Waals surface area contributed by atoms with Gasteiger partial charge < -0.3 is 15.0 Å². The number of hydrogen-bond acceptors (Lipinski definition) is 5. The molecule has 0 aliphatic heterocycles. The van der Waals surface area contributed by atoms with Gasteiger partial charge >= 0.3 is 0 Å². The van der Waals surface area contributed by atoms with Crippen LogP contribution in [0.5, 0.6) is 5.75 Å². The number of carbonyl (C=O) groups is 2. The van der Waals surface area contributed by atoms with Crippen molar-refractivity contribution >= 4 is 41.1 Å². The number of amides is 2. The molecule has 0 saturated carbocycles. The van der Waals surface area contributed by atoms with Crippen LogP contribution in [-0.4, -0.2) is 40.6 Å². The lowest BCUT2D eigenvalue weighted by Gasteiger charge is -2.17. The maximum Gasteiger partial charge on any atom is 0.262 e. The molecule has 0 aliphatic carbocycles. The summed E-state index contributed by atoms with van der Waals surface area (Å²) in [6.07, 6.45) is 11.0. The minimum Gasteiger partial charge on any atom is -0.484 e. The SMILES string of the molecule is O=C(COc1ccc(/C=C/c2ccccc2)cc1)N[C@@H](Cc1c[nH]c2ccccc12)C(=O)N/N=C/c1ccncc1. The Morgan fingerprint density at radius 2 is 1.56 bits per heavy atom. The Balaban J connectivity index is 1.21. The number of benzene rings is 3. The van der Waals surface area contributed by atoms with Crippen LogP contribution < -0.4 is 15.5 Å². The summed E-state index contributed by atoms with van der Waals surface area (Å²) in [6, 6.07) is 28.0. The molecule has 2 aromatic heterocycles. The molecule has 0 unspecified atom stereocenters. The second-order valence-electron chi connectivity index (χ2n) is 9.30. The maximum absolute atomic E-state index is 13.1. The minimum atomic E-state index is -0.870. The number of nitrogens with zero attached hydrogens (tertiary/aromatic N) is 2. The molecule has 2 heterocycles. The molecule has 1 atom stereocenters. The van der Waals surface area contributed by atoms with Crippen molar-refractivity contribution in [2.24, 2.45) is 5.10 Å². The molecule has 3 N–H and O–H groups in total. The molecule has 8 nitrogen and oxygen atoms in total. The summed E-state index contributed by atoms with van der Waals surface area (Å²) in [7, 11) is 0. The predicted octanol–water partition coefficient (Wildman–Crippen LogP) is 4.99. The summed E-state index contributed by atoms with van der Waals surface area (Å²) < 4.78 is 5.70. The smallest absolute Gasteiger partial charge is 0.262 e. The Morgan fingerprint density at radius 1 is 0.854 bits per heavy atom. The molecule has 8 heteroatoms. The number of fused-ring (bicyclic) bond motifs is 1. The third-order valence-corrected chi connectivity index (χ3v) is 6.36. The number of hydrazone groups is 1. The van der Waals surface area contributed by atoms with Crippen LogP contribution in [0, 0.1) is 0 Å². The molecule has 204 valence electrons. The number of rotatable bonds is 11. The molecule has 0 fully saturated rings. The lowest BCUT2D eigenvalue weighted by atomic mass is 10.0.